The zero-order valence-electron chi connectivity index (χ0n) is 15.8. The highest BCUT2D eigenvalue weighted by molar-refractivity contribution is 6.30. The van der Waals surface area contributed by atoms with Gasteiger partial charge in [0.1, 0.15) is 0 Å². The predicted octanol–water partition coefficient (Wildman–Crippen LogP) is 4.52. The summed E-state index contributed by atoms with van der Waals surface area (Å²) in [5, 5.41) is 3.70. The molecule has 0 aliphatic heterocycles. The molecule has 4 nitrogen and oxygen atoms in total. The highest BCUT2D eigenvalue weighted by Gasteiger charge is 2.11. The minimum absolute atomic E-state index is 0.0948. The molecule has 0 fully saturated rings. The maximum absolute atomic E-state index is 12.4. The van der Waals surface area contributed by atoms with E-state index in [0.29, 0.717) is 18.1 Å². The molecule has 2 rings (SSSR count). The molecule has 26 heavy (non-hydrogen) atoms. The minimum atomic E-state index is -0.0948. The summed E-state index contributed by atoms with van der Waals surface area (Å²) in [7, 11) is 1.79. The fraction of sp³-hybridized carbons (Fsp3) is 0.381. The van der Waals surface area contributed by atoms with E-state index in [2.05, 4.69) is 42.3 Å². The standard InChI is InChI=1S/C21H28ClN3O/c1-4-25(5-2)16-19-11-7-6-10-18(19)14-23-21(26)24(3)15-17-9-8-12-20(22)13-17/h6-13H,4-5,14-16H2,1-3H3,(H,23,26). The van der Waals surface area contributed by atoms with Gasteiger partial charge in [0.2, 0.25) is 0 Å². The quantitative estimate of drug-likeness (QED) is 0.738. The first-order valence-corrected chi connectivity index (χ1v) is 9.43. The summed E-state index contributed by atoms with van der Waals surface area (Å²) in [6, 6.07) is 15.8. The van der Waals surface area contributed by atoms with Crippen molar-refractivity contribution in [2.45, 2.75) is 33.5 Å². The summed E-state index contributed by atoms with van der Waals surface area (Å²) in [6.07, 6.45) is 0. The summed E-state index contributed by atoms with van der Waals surface area (Å²) >= 11 is 6.01. The molecule has 0 aromatic heterocycles. The van der Waals surface area contributed by atoms with Crippen LogP contribution in [0, 0.1) is 0 Å². The number of carbonyl (C=O) groups excluding carboxylic acids is 1. The number of rotatable bonds is 8. The first-order valence-electron chi connectivity index (χ1n) is 9.06. The van der Waals surface area contributed by atoms with Crippen molar-refractivity contribution in [2.24, 2.45) is 0 Å². The highest BCUT2D eigenvalue weighted by Crippen LogP contribution is 2.13. The van der Waals surface area contributed by atoms with Crippen molar-refractivity contribution in [1.29, 1.82) is 0 Å². The van der Waals surface area contributed by atoms with Crippen LogP contribution in [0.15, 0.2) is 48.5 Å². The van der Waals surface area contributed by atoms with Crippen molar-refractivity contribution in [2.75, 3.05) is 20.1 Å². The molecule has 2 aromatic carbocycles. The maximum atomic E-state index is 12.4. The zero-order valence-corrected chi connectivity index (χ0v) is 16.6. The van der Waals surface area contributed by atoms with Gasteiger partial charge in [-0.1, -0.05) is 61.8 Å². The number of urea groups is 1. The molecule has 0 heterocycles. The SMILES string of the molecule is CCN(CC)Cc1ccccc1CNC(=O)N(C)Cc1cccc(Cl)c1. The number of hydrogen-bond donors (Lipinski definition) is 1. The average Bonchev–Trinajstić information content (AvgIpc) is 2.64. The van der Waals surface area contributed by atoms with Crippen LogP contribution in [0.25, 0.3) is 0 Å². The molecule has 5 heteroatoms. The van der Waals surface area contributed by atoms with E-state index in [-0.39, 0.29) is 6.03 Å². The van der Waals surface area contributed by atoms with Crippen molar-refractivity contribution in [3.05, 3.63) is 70.2 Å². The van der Waals surface area contributed by atoms with Crippen molar-refractivity contribution < 1.29 is 4.79 Å². The van der Waals surface area contributed by atoms with Crippen molar-refractivity contribution in [3.8, 4) is 0 Å². The van der Waals surface area contributed by atoms with E-state index < -0.39 is 0 Å². The Morgan fingerprint density at radius 1 is 1.00 bits per heavy atom. The molecule has 0 bridgehead atoms. The highest BCUT2D eigenvalue weighted by atomic mass is 35.5. The van der Waals surface area contributed by atoms with Crippen LogP contribution < -0.4 is 5.32 Å². The molecule has 0 atom stereocenters. The van der Waals surface area contributed by atoms with Gasteiger partial charge in [0, 0.05) is 31.7 Å². The summed E-state index contributed by atoms with van der Waals surface area (Å²) in [5.41, 5.74) is 3.43. The van der Waals surface area contributed by atoms with Gasteiger partial charge in [0.25, 0.3) is 0 Å². The van der Waals surface area contributed by atoms with Crippen molar-refractivity contribution in [3.63, 3.8) is 0 Å². The third kappa shape index (κ3) is 6.04. The minimum Gasteiger partial charge on any atom is -0.334 e. The van der Waals surface area contributed by atoms with Gasteiger partial charge in [-0.25, -0.2) is 4.79 Å². The van der Waals surface area contributed by atoms with E-state index in [1.54, 1.807) is 11.9 Å². The second kappa shape index (κ2) is 10.2. The molecular weight excluding hydrogens is 346 g/mol. The number of benzene rings is 2. The fourth-order valence-electron chi connectivity index (χ4n) is 2.86. The Hall–Kier alpha value is -2.04. The molecule has 0 radical (unpaired) electrons. The van der Waals surface area contributed by atoms with Gasteiger partial charge in [0.05, 0.1) is 0 Å². The second-order valence-electron chi connectivity index (χ2n) is 6.37. The number of amides is 2. The van der Waals surface area contributed by atoms with E-state index >= 15 is 0 Å². The lowest BCUT2D eigenvalue weighted by Crippen LogP contribution is -2.36. The van der Waals surface area contributed by atoms with Gasteiger partial charge < -0.3 is 10.2 Å². The van der Waals surface area contributed by atoms with Gasteiger partial charge in [-0.05, 0) is 41.9 Å². The molecule has 0 saturated carbocycles. The summed E-state index contributed by atoms with van der Waals surface area (Å²) in [5.74, 6) is 0. The number of nitrogens with zero attached hydrogens (tertiary/aromatic N) is 2. The number of carbonyl (C=O) groups is 1. The molecule has 0 unspecified atom stereocenters. The number of nitrogens with one attached hydrogen (secondary N) is 1. The van der Waals surface area contributed by atoms with E-state index in [9.17, 15) is 4.79 Å². The van der Waals surface area contributed by atoms with Gasteiger partial charge in [-0.3, -0.25) is 4.90 Å². The Labute approximate surface area is 161 Å². The topological polar surface area (TPSA) is 35.6 Å². The van der Waals surface area contributed by atoms with E-state index in [1.165, 1.54) is 5.56 Å². The third-order valence-electron chi connectivity index (χ3n) is 4.49. The molecule has 2 amide bonds. The Balaban J connectivity index is 1.94. The Kier molecular flexibility index (Phi) is 7.95. The summed E-state index contributed by atoms with van der Waals surface area (Å²) in [6.45, 7) is 8.30. The monoisotopic (exact) mass is 373 g/mol. The molecule has 1 N–H and O–H groups in total. The van der Waals surface area contributed by atoms with Gasteiger partial charge in [0.15, 0.2) is 0 Å². The summed E-state index contributed by atoms with van der Waals surface area (Å²) in [4.78, 5) is 16.5. The first-order chi connectivity index (χ1) is 12.5. The lowest BCUT2D eigenvalue weighted by Gasteiger charge is -2.21. The van der Waals surface area contributed by atoms with E-state index in [4.69, 9.17) is 11.6 Å². The summed E-state index contributed by atoms with van der Waals surface area (Å²) < 4.78 is 0. The molecule has 0 aliphatic carbocycles. The second-order valence-corrected chi connectivity index (χ2v) is 6.81. The zero-order chi connectivity index (χ0) is 18.9. The van der Waals surface area contributed by atoms with Crippen LogP contribution in [0.4, 0.5) is 4.79 Å². The van der Waals surface area contributed by atoms with Crippen LogP contribution in [-0.4, -0.2) is 36.0 Å². The Morgan fingerprint density at radius 2 is 1.69 bits per heavy atom. The van der Waals surface area contributed by atoms with Gasteiger partial charge >= 0.3 is 6.03 Å². The van der Waals surface area contributed by atoms with Crippen LogP contribution >= 0.6 is 11.6 Å². The van der Waals surface area contributed by atoms with E-state index in [0.717, 1.165) is 30.8 Å². The van der Waals surface area contributed by atoms with E-state index in [1.807, 2.05) is 30.3 Å². The van der Waals surface area contributed by atoms with Crippen LogP contribution in [0.1, 0.15) is 30.5 Å². The van der Waals surface area contributed by atoms with Gasteiger partial charge in [-0.2, -0.15) is 0 Å². The predicted molar refractivity (Wildman–Crippen MR) is 108 cm³/mol. The molecular formula is C21H28ClN3O. The van der Waals surface area contributed by atoms with Crippen LogP contribution in [-0.2, 0) is 19.6 Å². The number of hydrogen-bond acceptors (Lipinski definition) is 2. The van der Waals surface area contributed by atoms with Crippen LogP contribution in [0.2, 0.25) is 5.02 Å². The third-order valence-corrected chi connectivity index (χ3v) is 4.73. The largest absolute Gasteiger partial charge is 0.334 e. The first kappa shape index (κ1) is 20.3. The maximum Gasteiger partial charge on any atom is 0.317 e. The lowest BCUT2D eigenvalue weighted by molar-refractivity contribution is 0.206. The van der Waals surface area contributed by atoms with Crippen molar-refractivity contribution in [1.82, 2.24) is 15.1 Å². The number of halogens is 1. The molecule has 140 valence electrons. The normalized spacial score (nSPS) is 10.8. The Bertz CT molecular complexity index is 716. The van der Waals surface area contributed by atoms with Crippen LogP contribution in [0.5, 0.6) is 0 Å². The van der Waals surface area contributed by atoms with Crippen LogP contribution in [0.3, 0.4) is 0 Å². The molecule has 2 aromatic rings. The Morgan fingerprint density at radius 3 is 2.35 bits per heavy atom. The smallest absolute Gasteiger partial charge is 0.317 e. The lowest BCUT2D eigenvalue weighted by atomic mass is 10.1. The van der Waals surface area contributed by atoms with Crippen molar-refractivity contribution >= 4 is 17.6 Å². The molecule has 0 aliphatic rings. The van der Waals surface area contributed by atoms with Gasteiger partial charge in [-0.15, -0.1) is 0 Å². The molecule has 0 spiro atoms. The molecule has 0 saturated heterocycles. The fourth-order valence-corrected chi connectivity index (χ4v) is 3.07. The average molecular weight is 374 g/mol.